The highest BCUT2D eigenvalue weighted by Gasteiger charge is 2.13. The summed E-state index contributed by atoms with van der Waals surface area (Å²) in [7, 11) is 0. The second-order valence-electron chi connectivity index (χ2n) is 4.62. The van der Waals surface area contributed by atoms with E-state index in [0.717, 1.165) is 19.5 Å². The van der Waals surface area contributed by atoms with Gasteiger partial charge >= 0.3 is 0 Å². The number of hydrogen-bond acceptors (Lipinski definition) is 3. The normalized spacial score (nSPS) is 18.8. The highest BCUT2D eigenvalue weighted by atomic mass is 19.1. The molecular weight excluding hydrogens is 231 g/mol. The highest BCUT2D eigenvalue weighted by Crippen LogP contribution is 2.14. The maximum atomic E-state index is 13.4. The van der Waals surface area contributed by atoms with Crippen LogP contribution in [0.1, 0.15) is 24.0 Å². The number of hydrogen-bond donors (Lipinski definition) is 1. The van der Waals surface area contributed by atoms with Gasteiger partial charge in [-0.25, -0.2) is 4.39 Å². The van der Waals surface area contributed by atoms with E-state index in [1.54, 1.807) is 6.07 Å². The fourth-order valence-corrected chi connectivity index (χ4v) is 2.15. The number of nitrogens with one attached hydrogen (secondary N) is 1. The maximum absolute atomic E-state index is 13.4. The average molecular weight is 248 g/mol. The van der Waals surface area contributed by atoms with Crippen LogP contribution in [0.2, 0.25) is 0 Å². The smallest absolute Gasteiger partial charge is 0.128 e. The summed E-state index contributed by atoms with van der Waals surface area (Å²) < 4.78 is 18.9. The average Bonchev–Trinajstić information content (AvgIpc) is 2.89. The molecule has 0 aromatic heterocycles. The lowest BCUT2D eigenvalue weighted by molar-refractivity contribution is 0.107. The summed E-state index contributed by atoms with van der Waals surface area (Å²) in [5.41, 5.74) is 0.925. The van der Waals surface area contributed by atoms with Gasteiger partial charge in [-0.15, -0.1) is 0 Å². The highest BCUT2D eigenvalue weighted by molar-refractivity contribution is 5.33. The van der Waals surface area contributed by atoms with E-state index in [4.69, 9.17) is 10.00 Å². The van der Waals surface area contributed by atoms with Crippen LogP contribution in [0.3, 0.4) is 0 Å². The first-order chi connectivity index (χ1) is 8.79. The van der Waals surface area contributed by atoms with Gasteiger partial charge in [-0.2, -0.15) is 5.26 Å². The van der Waals surface area contributed by atoms with Gasteiger partial charge in [0.15, 0.2) is 0 Å². The number of rotatable bonds is 5. The Labute approximate surface area is 107 Å². The molecule has 1 saturated heterocycles. The quantitative estimate of drug-likeness (QED) is 0.813. The van der Waals surface area contributed by atoms with E-state index in [2.05, 4.69) is 5.32 Å². The fourth-order valence-electron chi connectivity index (χ4n) is 2.15. The molecule has 1 fully saturated rings. The van der Waals surface area contributed by atoms with Crippen LogP contribution in [0.4, 0.5) is 4.39 Å². The van der Waals surface area contributed by atoms with E-state index in [1.165, 1.54) is 18.6 Å². The zero-order valence-electron chi connectivity index (χ0n) is 10.3. The minimum absolute atomic E-state index is 0.238. The molecule has 2 rings (SSSR count). The summed E-state index contributed by atoms with van der Waals surface area (Å²) in [5.74, 6) is 0.372. The van der Waals surface area contributed by atoms with Crippen molar-refractivity contribution in [2.75, 3.05) is 19.7 Å². The Morgan fingerprint density at radius 3 is 3.11 bits per heavy atom. The Morgan fingerprint density at radius 1 is 1.50 bits per heavy atom. The van der Waals surface area contributed by atoms with Gasteiger partial charge in [0.1, 0.15) is 5.82 Å². The van der Waals surface area contributed by atoms with E-state index in [1.807, 2.05) is 6.07 Å². The minimum atomic E-state index is -0.309. The van der Waals surface area contributed by atoms with Gasteiger partial charge < -0.3 is 10.1 Å². The van der Waals surface area contributed by atoms with Gasteiger partial charge in [-0.05, 0) is 50.0 Å². The lowest BCUT2D eigenvalue weighted by Crippen LogP contribution is -2.11. The Morgan fingerprint density at radius 2 is 2.39 bits per heavy atom. The molecule has 1 aliphatic rings. The van der Waals surface area contributed by atoms with Crippen LogP contribution in [0.25, 0.3) is 0 Å². The molecule has 0 saturated carbocycles. The van der Waals surface area contributed by atoms with Crippen LogP contribution in [-0.2, 0) is 11.3 Å². The molecule has 1 aliphatic heterocycles. The van der Waals surface area contributed by atoms with Crippen molar-refractivity contribution in [1.29, 1.82) is 5.26 Å². The van der Waals surface area contributed by atoms with Crippen molar-refractivity contribution >= 4 is 0 Å². The predicted molar refractivity (Wildman–Crippen MR) is 66.4 cm³/mol. The second kappa shape index (κ2) is 6.48. The summed E-state index contributed by atoms with van der Waals surface area (Å²) in [6, 6.07) is 6.34. The number of nitrogens with zero attached hydrogens (tertiary/aromatic N) is 1. The van der Waals surface area contributed by atoms with Crippen molar-refractivity contribution in [3.05, 3.63) is 35.1 Å². The summed E-state index contributed by atoms with van der Waals surface area (Å²) in [5, 5.41) is 12.1. The number of halogens is 1. The fraction of sp³-hybridized carbons (Fsp3) is 0.500. The molecule has 1 heterocycles. The van der Waals surface area contributed by atoms with Crippen LogP contribution in [0, 0.1) is 23.1 Å². The third-order valence-corrected chi connectivity index (χ3v) is 3.27. The second-order valence-corrected chi connectivity index (χ2v) is 4.62. The lowest BCUT2D eigenvalue weighted by atomic mass is 10.1. The molecule has 0 amide bonds. The van der Waals surface area contributed by atoms with E-state index in [-0.39, 0.29) is 12.4 Å². The zero-order chi connectivity index (χ0) is 12.8. The molecule has 1 N–H and O–H groups in total. The molecule has 1 aromatic rings. The van der Waals surface area contributed by atoms with Crippen molar-refractivity contribution in [2.45, 2.75) is 19.4 Å². The van der Waals surface area contributed by atoms with Crippen LogP contribution >= 0.6 is 0 Å². The molecule has 0 bridgehead atoms. The zero-order valence-corrected chi connectivity index (χ0v) is 10.3. The van der Waals surface area contributed by atoms with E-state index < -0.39 is 0 Å². The SMILES string of the molecule is N#Cc1ccc(F)c(COCCC2CCNC2)c1. The Balaban J connectivity index is 1.77. The first kappa shape index (κ1) is 13.0. The van der Waals surface area contributed by atoms with E-state index in [0.29, 0.717) is 23.7 Å². The van der Waals surface area contributed by atoms with Crippen LogP contribution in [0.5, 0.6) is 0 Å². The Kier molecular flexibility index (Phi) is 4.68. The minimum Gasteiger partial charge on any atom is -0.377 e. The van der Waals surface area contributed by atoms with E-state index >= 15 is 0 Å². The largest absolute Gasteiger partial charge is 0.377 e. The molecule has 0 radical (unpaired) electrons. The molecule has 1 unspecified atom stereocenters. The van der Waals surface area contributed by atoms with Crippen molar-refractivity contribution in [1.82, 2.24) is 5.32 Å². The number of nitriles is 1. The van der Waals surface area contributed by atoms with Crippen molar-refractivity contribution in [3.63, 3.8) is 0 Å². The third kappa shape index (κ3) is 3.52. The standard InChI is InChI=1S/C14H17FN2O/c15-14-2-1-12(8-16)7-13(14)10-18-6-4-11-3-5-17-9-11/h1-2,7,11,17H,3-6,9-10H2. The summed E-state index contributed by atoms with van der Waals surface area (Å²) >= 11 is 0. The van der Waals surface area contributed by atoms with Crippen molar-refractivity contribution < 1.29 is 9.13 Å². The molecule has 4 heteroatoms. The first-order valence-corrected chi connectivity index (χ1v) is 6.26. The number of benzene rings is 1. The Bertz CT molecular complexity index is 436. The van der Waals surface area contributed by atoms with E-state index in [9.17, 15) is 4.39 Å². The topological polar surface area (TPSA) is 45.0 Å². The third-order valence-electron chi connectivity index (χ3n) is 3.27. The summed E-state index contributed by atoms with van der Waals surface area (Å²) in [6.45, 7) is 3.02. The van der Waals surface area contributed by atoms with Gasteiger partial charge in [0.05, 0.1) is 18.2 Å². The van der Waals surface area contributed by atoms with Gasteiger partial charge in [0, 0.05) is 12.2 Å². The molecule has 3 nitrogen and oxygen atoms in total. The van der Waals surface area contributed by atoms with Crippen LogP contribution in [-0.4, -0.2) is 19.7 Å². The predicted octanol–water partition coefficient (Wildman–Crippen LogP) is 2.21. The van der Waals surface area contributed by atoms with Gasteiger partial charge in [0.2, 0.25) is 0 Å². The monoisotopic (exact) mass is 248 g/mol. The van der Waals surface area contributed by atoms with Gasteiger partial charge in [-0.1, -0.05) is 0 Å². The first-order valence-electron chi connectivity index (χ1n) is 6.26. The van der Waals surface area contributed by atoms with Gasteiger partial charge in [0.25, 0.3) is 0 Å². The Hall–Kier alpha value is -1.44. The molecular formula is C14H17FN2O. The molecule has 96 valence electrons. The maximum Gasteiger partial charge on any atom is 0.128 e. The van der Waals surface area contributed by atoms with Gasteiger partial charge in [-0.3, -0.25) is 0 Å². The van der Waals surface area contributed by atoms with Crippen LogP contribution < -0.4 is 5.32 Å². The lowest BCUT2D eigenvalue weighted by Gasteiger charge is -2.09. The van der Waals surface area contributed by atoms with Crippen molar-refractivity contribution in [3.8, 4) is 6.07 Å². The number of ether oxygens (including phenoxy) is 1. The van der Waals surface area contributed by atoms with Crippen molar-refractivity contribution in [2.24, 2.45) is 5.92 Å². The summed E-state index contributed by atoms with van der Waals surface area (Å²) in [6.07, 6.45) is 2.20. The molecule has 0 spiro atoms. The molecule has 18 heavy (non-hydrogen) atoms. The summed E-state index contributed by atoms with van der Waals surface area (Å²) in [4.78, 5) is 0. The van der Waals surface area contributed by atoms with Crippen LogP contribution in [0.15, 0.2) is 18.2 Å². The molecule has 0 aliphatic carbocycles. The molecule has 1 aromatic carbocycles. The molecule has 1 atom stereocenters.